The number of aromatic nitrogens is 6. The Balaban J connectivity index is 1.51. The van der Waals surface area contributed by atoms with Gasteiger partial charge >= 0.3 is 0 Å². The number of methoxy groups -OCH3 is 1. The highest BCUT2D eigenvalue weighted by Crippen LogP contribution is 2.39. The lowest BCUT2D eigenvalue weighted by Crippen LogP contribution is -2.38. The number of hydrogen-bond acceptors (Lipinski definition) is 8. The third-order valence-electron chi connectivity index (χ3n) is 6.77. The zero-order valence-corrected chi connectivity index (χ0v) is 24.0. The summed E-state index contributed by atoms with van der Waals surface area (Å²) in [5, 5.41) is 13.9. The Bertz CT molecular complexity index is 1530. The minimum atomic E-state index is -1.29. The quantitative estimate of drug-likeness (QED) is 0.223. The predicted molar refractivity (Wildman–Crippen MR) is 148 cm³/mol. The van der Waals surface area contributed by atoms with Crippen LogP contribution in [0.2, 0.25) is 25.7 Å². The summed E-state index contributed by atoms with van der Waals surface area (Å²) in [7, 11) is 0.326. The maximum atomic E-state index is 14.3. The van der Waals surface area contributed by atoms with Crippen molar-refractivity contribution in [3.63, 3.8) is 0 Å². The van der Waals surface area contributed by atoms with E-state index in [4.69, 9.17) is 19.6 Å². The molecule has 1 aliphatic rings. The fourth-order valence-electron chi connectivity index (χ4n) is 4.41. The minimum Gasteiger partial charge on any atom is -0.497 e. The van der Waals surface area contributed by atoms with Gasteiger partial charge in [-0.3, -0.25) is 9.69 Å². The van der Waals surface area contributed by atoms with Crippen molar-refractivity contribution in [2.75, 3.05) is 25.3 Å². The van der Waals surface area contributed by atoms with Gasteiger partial charge < -0.3 is 9.47 Å². The number of ether oxygens (including phenoxy) is 2. The van der Waals surface area contributed by atoms with Crippen molar-refractivity contribution in [3.05, 3.63) is 53.6 Å². The molecule has 1 aromatic carbocycles. The van der Waals surface area contributed by atoms with Gasteiger partial charge in [-0.05, 0) is 37.6 Å². The molecule has 0 bridgehead atoms. The third-order valence-corrected chi connectivity index (χ3v) is 8.47. The number of carbonyl (C=O) groups is 1. The average molecular weight is 550 g/mol. The lowest BCUT2D eigenvalue weighted by atomic mass is 9.91. The lowest BCUT2D eigenvalue weighted by Gasteiger charge is -2.27. The molecule has 0 atom stereocenters. The van der Waals surface area contributed by atoms with E-state index < -0.39 is 19.3 Å². The highest BCUT2D eigenvalue weighted by molar-refractivity contribution is 6.76. The number of benzene rings is 1. The molecule has 205 valence electrons. The van der Waals surface area contributed by atoms with Crippen LogP contribution in [0.25, 0.3) is 22.6 Å². The van der Waals surface area contributed by atoms with Gasteiger partial charge in [-0.2, -0.15) is 24.7 Å². The maximum absolute atomic E-state index is 14.3. The molecule has 1 aliphatic heterocycles. The summed E-state index contributed by atoms with van der Waals surface area (Å²) in [6.07, 6.45) is 1.15. The number of pyridine rings is 1. The normalized spacial score (nSPS) is 14.7. The largest absolute Gasteiger partial charge is 0.497 e. The monoisotopic (exact) mass is 549 g/mol. The van der Waals surface area contributed by atoms with Gasteiger partial charge in [0.15, 0.2) is 11.5 Å². The molecule has 0 N–H and O–H groups in total. The van der Waals surface area contributed by atoms with E-state index in [1.54, 1.807) is 25.6 Å². The van der Waals surface area contributed by atoms with Crippen molar-refractivity contribution in [1.29, 1.82) is 0 Å². The van der Waals surface area contributed by atoms with Crippen molar-refractivity contribution in [3.8, 4) is 17.3 Å². The number of anilines is 1. The first-order valence-corrected chi connectivity index (χ1v) is 16.5. The van der Waals surface area contributed by atoms with E-state index in [1.165, 1.54) is 11.0 Å². The Morgan fingerprint density at radius 3 is 2.54 bits per heavy atom. The van der Waals surface area contributed by atoms with Crippen LogP contribution in [0, 0.1) is 5.82 Å². The van der Waals surface area contributed by atoms with Gasteiger partial charge in [0.1, 0.15) is 29.7 Å². The predicted octanol–water partition coefficient (Wildman–Crippen LogP) is 4.42. The first-order valence-electron chi connectivity index (χ1n) is 12.8. The molecule has 12 heteroatoms. The van der Waals surface area contributed by atoms with Crippen LogP contribution in [0.1, 0.15) is 25.1 Å². The molecule has 0 radical (unpaired) electrons. The number of carbonyl (C=O) groups excluding carboxylic acids is 1. The molecule has 3 aromatic heterocycles. The molecular formula is C27H32FN7O3Si-. The molecule has 1 amide bonds. The summed E-state index contributed by atoms with van der Waals surface area (Å²) >= 11 is 0. The SMILES string of the molecule is COc1ccc(Cn2nc(-c3nnc4c(n3)N(COCC[Si-](C)(C)C)C(=O)C4(C)C)c3cc(F)cnc32)cc1. The fourth-order valence-corrected chi connectivity index (χ4v) is 5.17. The molecule has 4 aromatic rings. The zero-order valence-electron chi connectivity index (χ0n) is 23.0. The first kappa shape index (κ1) is 26.8. The van der Waals surface area contributed by atoms with E-state index >= 15 is 0 Å². The Hall–Kier alpha value is -3.77. The summed E-state index contributed by atoms with van der Waals surface area (Å²) in [4.78, 5) is 23.8. The number of nitrogens with zero attached hydrogens (tertiary/aromatic N) is 7. The molecule has 0 aliphatic carbocycles. The maximum Gasteiger partial charge on any atom is 0.242 e. The van der Waals surface area contributed by atoms with Gasteiger partial charge in [0.05, 0.1) is 30.7 Å². The van der Waals surface area contributed by atoms with Crippen molar-refractivity contribution in [2.45, 2.75) is 51.5 Å². The molecule has 4 heterocycles. The van der Waals surface area contributed by atoms with Crippen LogP contribution in [0.3, 0.4) is 0 Å². The number of rotatable bonds is 9. The Labute approximate surface area is 227 Å². The van der Waals surface area contributed by atoms with Gasteiger partial charge in [0.2, 0.25) is 11.7 Å². The van der Waals surface area contributed by atoms with Crippen molar-refractivity contribution >= 4 is 30.8 Å². The third kappa shape index (κ3) is 5.26. The average Bonchev–Trinajstić information content (AvgIpc) is 3.33. The van der Waals surface area contributed by atoms with E-state index in [9.17, 15) is 9.18 Å². The van der Waals surface area contributed by atoms with Crippen LogP contribution in [0.15, 0.2) is 36.5 Å². The van der Waals surface area contributed by atoms with E-state index in [-0.39, 0.29) is 18.5 Å². The second-order valence-corrected chi connectivity index (χ2v) is 17.0. The van der Waals surface area contributed by atoms with Crippen molar-refractivity contribution < 1.29 is 18.7 Å². The van der Waals surface area contributed by atoms with E-state index in [1.807, 2.05) is 24.3 Å². The number of hydrogen-bond donors (Lipinski definition) is 0. The van der Waals surface area contributed by atoms with Gasteiger partial charge in [-0.15, -0.1) is 24.3 Å². The summed E-state index contributed by atoms with van der Waals surface area (Å²) in [6, 6.07) is 9.92. The van der Waals surface area contributed by atoms with Crippen LogP contribution in [-0.4, -0.2) is 64.4 Å². The van der Waals surface area contributed by atoms with Crippen LogP contribution < -0.4 is 9.64 Å². The molecular weight excluding hydrogens is 517 g/mol. The van der Waals surface area contributed by atoms with Crippen LogP contribution >= 0.6 is 0 Å². The summed E-state index contributed by atoms with van der Waals surface area (Å²) in [6.45, 7) is 11.4. The molecule has 5 rings (SSSR count). The number of halogens is 1. The highest BCUT2D eigenvalue weighted by Gasteiger charge is 2.47. The van der Waals surface area contributed by atoms with E-state index in [2.05, 4.69) is 34.8 Å². The second-order valence-electron chi connectivity index (χ2n) is 11.4. The smallest absolute Gasteiger partial charge is 0.242 e. The van der Waals surface area contributed by atoms with Gasteiger partial charge in [0, 0.05) is 6.61 Å². The zero-order chi connectivity index (χ0) is 27.9. The van der Waals surface area contributed by atoms with Crippen LogP contribution in [-0.2, 0) is 21.5 Å². The summed E-state index contributed by atoms with van der Waals surface area (Å²) < 4.78 is 27.1. The topological polar surface area (TPSA) is 108 Å². The molecule has 0 saturated heterocycles. The van der Waals surface area contributed by atoms with Gasteiger partial charge in [-0.1, -0.05) is 12.1 Å². The van der Waals surface area contributed by atoms with Gasteiger partial charge in [-0.25, -0.2) is 19.0 Å². The van der Waals surface area contributed by atoms with E-state index in [0.29, 0.717) is 41.4 Å². The second kappa shape index (κ2) is 10.1. The van der Waals surface area contributed by atoms with Crippen LogP contribution in [0.4, 0.5) is 10.2 Å². The summed E-state index contributed by atoms with van der Waals surface area (Å²) in [5.41, 5.74) is 1.34. The fraction of sp³-hybridized carbons (Fsp3) is 0.407. The van der Waals surface area contributed by atoms with Gasteiger partial charge in [0.25, 0.3) is 0 Å². The molecule has 39 heavy (non-hydrogen) atoms. The van der Waals surface area contributed by atoms with Crippen molar-refractivity contribution in [1.82, 2.24) is 29.9 Å². The summed E-state index contributed by atoms with van der Waals surface area (Å²) in [5.74, 6) is 0.638. The Morgan fingerprint density at radius 1 is 1.10 bits per heavy atom. The number of fused-ring (bicyclic) bond motifs is 2. The standard InChI is InChI=1S/C27H32FN7O3Si/c1-27(2)22-25(34(26(27)36)16-38-11-12-39(4,5)6)30-23(32-31-22)21-20-13-18(28)14-29-24(20)35(33-21)15-17-7-9-19(37-3)10-8-17/h7-10,13-14H,11-12,15-16H2,1-6H3/q-1. The first-order chi connectivity index (χ1) is 18.5. The van der Waals surface area contributed by atoms with E-state index in [0.717, 1.165) is 23.6 Å². The Morgan fingerprint density at radius 2 is 1.85 bits per heavy atom. The molecule has 0 fully saturated rings. The highest BCUT2D eigenvalue weighted by atomic mass is 28.3. The number of amides is 1. The van der Waals surface area contributed by atoms with Crippen LogP contribution in [0.5, 0.6) is 5.75 Å². The van der Waals surface area contributed by atoms with Crippen molar-refractivity contribution in [2.24, 2.45) is 0 Å². The molecule has 10 nitrogen and oxygen atoms in total. The molecule has 0 saturated carbocycles. The molecule has 0 spiro atoms. The lowest BCUT2D eigenvalue weighted by molar-refractivity contribution is -0.123. The minimum absolute atomic E-state index is 0.0702. The molecule has 0 unspecified atom stereocenters. The Kier molecular flexibility index (Phi) is 6.93.